The number of nitrogens with two attached hydrogens (primary N) is 2. The number of hydrogen-bond acceptors (Lipinski definition) is 9. The third-order valence-electron chi connectivity index (χ3n) is 10.6. The molecule has 1 saturated heterocycles. The van der Waals surface area contributed by atoms with E-state index < -0.39 is 0 Å². The molecule has 0 spiro atoms. The second-order valence-corrected chi connectivity index (χ2v) is 14.0. The maximum atomic E-state index is 12.7. The minimum Gasteiger partial charge on any atom is -0.470 e. The summed E-state index contributed by atoms with van der Waals surface area (Å²) >= 11 is 0. The summed E-state index contributed by atoms with van der Waals surface area (Å²) in [7, 11) is 0. The van der Waals surface area contributed by atoms with Crippen molar-refractivity contribution in [1.82, 2.24) is 25.2 Å². The van der Waals surface area contributed by atoms with Crippen molar-refractivity contribution in [2.75, 3.05) is 55.6 Å². The largest absolute Gasteiger partial charge is 0.470 e. The van der Waals surface area contributed by atoms with Crippen LogP contribution in [0.2, 0.25) is 0 Å². The number of nitrogens with zero attached hydrogens (tertiary/aromatic N) is 5. The highest BCUT2D eigenvalue weighted by Crippen LogP contribution is 2.59. The molecule has 0 unspecified atom stereocenters. The van der Waals surface area contributed by atoms with Gasteiger partial charge in [0.15, 0.2) is 5.82 Å². The Morgan fingerprint density at radius 3 is 2.36 bits per heavy atom. The van der Waals surface area contributed by atoms with Gasteiger partial charge in [0.05, 0.1) is 11.9 Å². The van der Waals surface area contributed by atoms with Gasteiger partial charge in [-0.2, -0.15) is 0 Å². The standard InChI is InChI=1S/C35H46N8O2/c36-31-17-24(7-8-38-31)22-45-34-33(37)39-21-30(41-34)28-3-5-29(6-4-28)43-12-10-42(11-13-43)9-1-2-32(44)40-23-35-18-25-14-26(19-35)16-27(15-25)20-35/h3-8,17,21,25-27H,1-2,9-16,18-20,22-23H2,(H2,36,38)(H2,37,39)(H,40,44). The van der Waals surface area contributed by atoms with Gasteiger partial charge in [0.1, 0.15) is 12.4 Å². The molecule has 1 aliphatic heterocycles. The molecule has 5 fully saturated rings. The zero-order chi connectivity index (χ0) is 30.8. The van der Waals surface area contributed by atoms with E-state index in [2.05, 4.69) is 54.3 Å². The summed E-state index contributed by atoms with van der Waals surface area (Å²) in [6.07, 6.45) is 13.3. The quantitative estimate of drug-likeness (QED) is 0.286. The molecular weight excluding hydrogens is 564 g/mol. The SMILES string of the molecule is Nc1cc(COc2nc(-c3ccc(N4CCN(CCCC(=O)NCC56CC7CC(CC(C7)C5)C6)CC4)cc3)cnc2N)ccn1. The minimum atomic E-state index is 0.243. The highest BCUT2D eigenvalue weighted by atomic mass is 16.5. The maximum absolute atomic E-state index is 12.7. The third kappa shape index (κ3) is 7.01. The summed E-state index contributed by atoms with van der Waals surface area (Å²) in [5.74, 6) is 4.01. The number of carbonyl (C=O) groups excluding carboxylic acids is 1. The molecular formula is C35H46N8O2. The molecule has 238 valence electrons. The summed E-state index contributed by atoms with van der Waals surface area (Å²) in [5, 5.41) is 3.35. The lowest BCUT2D eigenvalue weighted by molar-refractivity contribution is -0.123. The van der Waals surface area contributed by atoms with E-state index in [1.165, 1.54) is 44.2 Å². The fraction of sp³-hybridized carbons (Fsp3) is 0.543. The summed E-state index contributed by atoms with van der Waals surface area (Å²) in [5.41, 5.74) is 15.9. The summed E-state index contributed by atoms with van der Waals surface area (Å²) in [6.45, 7) is 6.11. The molecule has 0 radical (unpaired) electrons. The Balaban J connectivity index is 0.841. The Morgan fingerprint density at radius 2 is 1.67 bits per heavy atom. The van der Waals surface area contributed by atoms with E-state index in [0.29, 0.717) is 29.2 Å². The predicted octanol–water partition coefficient (Wildman–Crippen LogP) is 4.52. The van der Waals surface area contributed by atoms with Crippen LogP contribution in [0, 0.1) is 23.2 Å². The summed E-state index contributed by atoms with van der Waals surface area (Å²) in [6, 6.07) is 12.0. The average Bonchev–Trinajstić information content (AvgIpc) is 3.03. The van der Waals surface area contributed by atoms with Gasteiger partial charge in [0.25, 0.3) is 5.88 Å². The van der Waals surface area contributed by atoms with Crippen molar-refractivity contribution in [1.29, 1.82) is 0 Å². The van der Waals surface area contributed by atoms with Crippen molar-refractivity contribution < 1.29 is 9.53 Å². The smallest absolute Gasteiger partial charge is 0.258 e. The first-order valence-corrected chi connectivity index (χ1v) is 16.7. The second kappa shape index (κ2) is 12.8. The van der Waals surface area contributed by atoms with E-state index >= 15 is 0 Å². The van der Waals surface area contributed by atoms with E-state index in [1.54, 1.807) is 18.5 Å². The van der Waals surface area contributed by atoms with Crippen LogP contribution < -0.4 is 26.4 Å². The topological polar surface area (TPSA) is 136 Å². The molecule has 0 atom stereocenters. The number of carbonyl (C=O) groups is 1. The van der Waals surface area contributed by atoms with Crippen LogP contribution in [0.3, 0.4) is 0 Å². The van der Waals surface area contributed by atoms with Crippen LogP contribution in [-0.4, -0.2) is 65.0 Å². The molecule has 1 aromatic carbocycles. The van der Waals surface area contributed by atoms with Crippen molar-refractivity contribution in [3.05, 3.63) is 54.4 Å². The van der Waals surface area contributed by atoms with E-state index in [4.69, 9.17) is 16.2 Å². The van der Waals surface area contributed by atoms with Crippen molar-refractivity contribution >= 4 is 23.2 Å². The number of ether oxygens (including phenoxy) is 1. The number of benzene rings is 1. The summed E-state index contributed by atoms with van der Waals surface area (Å²) in [4.78, 5) is 30.6. The van der Waals surface area contributed by atoms with Crippen molar-refractivity contribution in [3.63, 3.8) is 0 Å². The van der Waals surface area contributed by atoms with E-state index in [-0.39, 0.29) is 18.3 Å². The Hall–Kier alpha value is -3.92. The van der Waals surface area contributed by atoms with Gasteiger partial charge in [-0.1, -0.05) is 12.1 Å². The van der Waals surface area contributed by atoms with Crippen molar-refractivity contribution in [2.45, 2.75) is 58.0 Å². The van der Waals surface area contributed by atoms with Crippen LogP contribution in [0.1, 0.15) is 56.9 Å². The van der Waals surface area contributed by atoms with Gasteiger partial charge in [0, 0.05) is 56.6 Å². The molecule has 4 bridgehead atoms. The van der Waals surface area contributed by atoms with Gasteiger partial charge in [-0.15, -0.1) is 0 Å². The Bertz CT molecular complexity index is 1450. The fourth-order valence-corrected chi connectivity index (χ4v) is 8.78. The lowest BCUT2D eigenvalue weighted by atomic mass is 9.49. The predicted molar refractivity (Wildman–Crippen MR) is 176 cm³/mol. The normalized spacial score (nSPS) is 25.8. The van der Waals surface area contributed by atoms with Gasteiger partial charge in [0.2, 0.25) is 5.91 Å². The number of nitrogen functional groups attached to an aromatic ring is 2. The van der Waals surface area contributed by atoms with Crippen molar-refractivity contribution in [3.8, 4) is 17.1 Å². The lowest BCUT2D eigenvalue weighted by Gasteiger charge is -2.56. The molecule has 10 nitrogen and oxygen atoms in total. The zero-order valence-corrected chi connectivity index (χ0v) is 26.2. The third-order valence-corrected chi connectivity index (χ3v) is 10.6. The first-order valence-electron chi connectivity index (χ1n) is 16.7. The van der Waals surface area contributed by atoms with Crippen LogP contribution in [0.5, 0.6) is 5.88 Å². The van der Waals surface area contributed by atoms with Crippen LogP contribution in [0.25, 0.3) is 11.3 Å². The fourth-order valence-electron chi connectivity index (χ4n) is 8.78. The number of rotatable bonds is 11. The minimum absolute atomic E-state index is 0.243. The first kappa shape index (κ1) is 29.8. The van der Waals surface area contributed by atoms with Gasteiger partial charge in [-0.3, -0.25) is 9.69 Å². The zero-order valence-electron chi connectivity index (χ0n) is 26.2. The molecule has 10 heteroatoms. The Morgan fingerprint density at radius 1 is 0.956 bits per heavy atom. The Kier molecular flexibility index (Phi) is 8.49. The van der Waals surface area contributed by atoms with Crippen LogP contribution in [0.15, 0.2) is 48.8 Å². The lowest BCUT2D eigenvalue weighted by Crippen LogP contribution is -2.51. The molecule has 5 N–H and O–H groups in total. The molecule has 4 saturated carbocycles. The van der Waals surface area contributed by atoms with E-state index in [9.17, 15) is 4.79 Å². The van der Waals surface area contributed by atoms with Crippen molar-refractivity contribution in [2.24, 2.45) is 23.2 Å². The maximum Gasteiger partial charge on any atom is 0.258 e. The number of hydrogen-bond donors (Lipinski definition) is 3. The molecule has 5 aliphatic rings. The molecule has 8 rings (SSSR count). The van der Waals surface area contributed by atoms with E-state index in [0.717, 1.165) is 74.6 Å². The highest BCUT2D eigenvalue weighted by Gasteiger charge is 2.50. The first-order chi connectivity index (χ1) is 21.9. The number of piperazine rings is 1. The van der Waals surface area contributed by atoms with E-state index in [1.807, 2.05) is 6.07 Å². The van der Waals surface area contributed by atoms with Crippen LogP contribution in [-0.2, 0) is 11.4 Å². The monoisotopic (exact) mass is 610 g/mol. The summed E-state index contributed by atoms with van der Waals surface area (Å²) < 4.78 is 5.85. The number of amides is 1. The van der Waals surface area contributed by atoms with Crippen LogP contribution in [0.4, 0.5) is 17.3 Å². The molecule has 3 aromatic rings. The molecule has 45 heavy (non-hydrogen) atoms. The average molecular weight is 611 g/mol. The van der Waals surface area contributed by atoms with Gasteiger partial charge in [-0.25, -0.2) is 15.0 Å². The number of aromatic nitrogens is 3. The Labute approximate surface area is 266 Å². The highest BCUT2D eigenvalue weighted by molar-refractivity contribution is 5.75. The number of pyridine rings is 1. The van der Waals surface area contributed by atoms with Gasteiger partial charge in [-0.05, 0) is 104 Å². The number of anilines is 3. The molecule has 4 aliphatic carbocycles. The van der Waals surface area contributed by atoms with Gasteiger partial charge < -0.3 is 26.4 Å². The molecule has 3 heterocycles. The second-order valence-electron chi connectivity index (χ2n) is 14.0. The molecule has 2 aromatic heterocycles. The molecule has 1 amide bonds. The van der Waals surface area contributed by atoms with Crippen LogP contribution >= 0.6 is 0 Å². The number of nitrogens with one attached hydrogen (secondary N) is 1. The van der Waals surface area contributed by atoms with Gasteiger partial charge >= 0.3 is 0 Å².